The van der Waals surface area contributed by atoms with Gasteiger partial charge in [-0.3, -0.25) is 19.9 Å². The molecule has 0 radical (unpaired) electrons. The van der Waals surface area contributed by atoms with E-state index in [1.54, 1.807) is 12.1 Å². The third kappa shape index (κ3) is 4.85. The molecule has 2 aromatic carbocycles. The Labute approximate surface area is 229 Å². The minimum absolute atomic E-state index is 0.0206. The Kier molecular flexibility index (Phi) is 7.15. The molecule has 12 heteroatoms. The van der Waals surface area contributed by atoms with Crippen molar-refractivity contribution in [3.63, 3.8) is 0 Å². The van der Waals surface area contributed by atoms with Crippen LogP contribution < -0.4 is 20.1 Å². The summed E-state index contributed by atoms with van der Waals surface area (Å²) >= 11 is 0. The summed E-state index contributed by atoms with van der Waals surface area (Å²) in [5.74, 6) is -0.579. The normalized spacial score (nSPS) is 25.6. The zero-order chi connectivity index (χ0) is 28.8. The van der Waals surface area contributed by atoms with Crippen molar-refractivity contribution in [2.24, 2.45) is 0 Å². The number of halogens is 3. The zero-order valence-electron chi connectivity index (χ0n) is 22.0. The van der Waals surface area contributed by atoms with E-state index in [4.69, 9.17) is 14.9 Å². The van der Waals surface area contributed by atoms with Gasteiger partial charge >= 0.3 is 6.18 Å². The number of amides is 2. The van der Waals surface area contributed by atoms with Gasteiger partial charge in [-0.1, -0.05) is 32.0 Å². The molecule has 2 unspecified atom stereocenters. The lowest BCUT2D eigenvalue weighted by Crippen LogP contribution is -2.62. The Balaban J connectivity index is 1.43. The maximum absolute atomic E-state index is 13.6. The molecule has 0 aliphatic carbocycles. The van der Waals surface area contributed by atoms with E-state index in [1.165, 1.54) is 35.2 Å². The molecule has 0 aromatic heterocycles. The molecule has 5 rings (SSSR count). The van der Waals surface area contributed by atoms with Crippen molar-refractivity contribution in [1.82, 2.24) is 15.5 Å². The van der Waals surface area contributed by atoms with Crippen molar-refractivity contribution in [3.05, 3.63) is 59.2 Å². The number of carbonyl (C=O) groups is 2. The third-order valence-electron chi connectivity index (χ3n) is 8.10. The quantitative estimate of drug-likeness (QED) is 0.439. The molecule has 0 spiro atoms. The number of carbonyl (C=O) groups excluding carboxylic acids is 2. The highest BCUT2D eigenvalue weighted by atomic mass is 19.4. The predicted molar refractivity (Wildman–Crippen MR) is 138 cm³/mol. The van der Waals surface area contributed by atoms with Crippen molar-refractivity contribution in [2.45, 2.75) is 75.5 Å². The van der Waals surface area contributed by atoms with Gasteiger partial charge in [0.1, 0.15) is 17.6 Å². The molecule has 0 saturated carbocycles. The minimum atomic E-state index is -4.86. The van der Waals surface area contributed by atoms with Crippen molar-refractivity contribution >= 4 is 17.8 Å². The number of aliphatic hydroxyl groups is 1. The van der Waals surface area contributed by atoms with Crippen LogP contribution in [-0.4, -0.2) is 58.3 Å². The first kappa shape index (κ1) is 27.8. The van der Waals surface area contributed by atoms with E-state index in [2.05, 4.69) is 10.6 Å². The van der Waals surface area contributed by atoms with Crippen LogP contribution in [0.1, 0.15) is 73.1 Å². The molecule has 1 saturated heterocycles. The Morgan fingerprint density at radius 1 is 1.18 bits per heavy atom. The topological polar surface area (TPSA) is 124 Å². The molecule has 4 N–H and O–H groups in total. The maximum atomic E-state index is 13.6. The van der Waals surface area contributed by atoms with Crippen LogP contribution in [0.15, 0.2) is 42.5 Å². The van der Waals surface area contributed by atoms with E-state index < -0.39 is 41.9 Å². The number of hydrogen-bond donors (Lipinski definition) is 4. The highest BCUT2D eigenvalue weighted by Crippen LogP contribution is 2.42. The SMILES string of the molecule is CCC1(CC)CC(=O)N([C@@H]2CCOc3ccc(C(=O)N[C@@H]4c5ccccc5OC(C(F)(F)F)C4O)cc32)C(=N)N1. The van der Waals surface area contributed by atoms with Gasteiger partial charge in [0.05, 0.1) is 25.1 Å². The van der Waals surface area contributed by atoms with Gasteiger partial charge in [-0.05, 0) is 37.1 Å². The van der Waals surface area contributed by atoms with Crippen LogP contribution in [0, 0.1) is 5.41 Å². The van der Waals surface area contributed by atoms with Gasteiger partial charge in [-0.25, -0.2) is 0 Å². The molecule has 40 heavy (non-hydrogen) atoms. The summed E-state index contributed by atoms with van der Waals surface area (Å²) in [4.78, 5) is 28.0. The first-order valence-electron chi connectivity index (χ1n) is 13.2. The molecule has 2 aromatic rings. The monoisotopic (exact) mass is 560 g/mol. The van der Waals surface area contributed by atoms with Crippen molar-refractivity contribution in [3.8, 4) is 11.5 Å². The zero-order valence-corrected chi connectivity index (χ0v) is 22.0. The van der Waals surface area contributed by atoms with Crippen molar-refractivity contribution in [1.29, 1.82) is 5.41 Å². The molecule has 3 aliphatic rings. The summed E-state index contributed by atoms with van der Waals surface area (Å²) in [6.07, 6.45) is -7.50. The molecule has 3 aliphatic heterocycles. The number of benzene rings is 2. The van der Waals surface area contributed by atoms with Gasteiger partial charge < -0.3 is 25.2 Å². The Bertz CT molecular complexity index is 1310. The van der Waals surface area contributed by atoms with E-state index in [1.807, 2.05) is 13.8 Å². The van der Waals surface area contributed by atoms with Crippen molar-refractivity contribution in [2.75, 3.05) is 6.61 Å². The Morgan fingerprint density at radius 3 is 2.58 bits per heavy atom. The van der Waals surface area contributed by atoms with Gasteiger partial charge in [0.25, 0.3) is 5.91 Å². The molecule has 2 amide bonds. The number of rotatable bonds is 5. The van der Waals surface area contributed by atoms with E-state index in [0.717, 1.165) is 0 Å². The molecular weight excluding hydrogens is 529 g/mol. The Hall–Kier alpha value is -3.80. The second-order valence-corrected chi connectivity index (χ2v) is 10.4. The first-order valence-corrected chi connectivity index (χ1v) is 13.2. The summed E-state index contributed by atoms with van der Waals surface area (Å²) in [7, 11) is 0. The summed E-state index contributed by atoms with van der Waals surface area (Å²) in [6, 6.07) is 8.52. The molecular formula is C28H31F3N4O5. The Morgan fingerprint density at radius 2 is 1.90 bits per heavy atom. The smallest absolute Gasteiger partial charge is 0.428 e. The molecule has 9 nitrogen and oxygen atoms in total. The van der Waals surface area contributed by atoms with Crippen molar-refractivity contribution < 1.29 is 37.3 Å². The minimum Gasteiger partial charge on any atom is -0.493 e. The largest absolute Gasteiger partial charge is 0.493 e. The number of para-hydroxylation sites is 1. The molecule has 214 valence electrons. The number of guanidine groups is 1. The number of fused-ring (bicyclic) bond motifs is 2. The van der Waals surface area contributed by atoms with Gasteiger partial charge in [-0.15, -0.1) is 0 Å². The summed E-state index contributed by atoms with van der Waals surface area (Å²) in [5, 5.41) is 25.0. The third-order valence-corrected chi connectivity index (χ3v) is 8.10. The molecule has 0 bridgehead atoms. The number of nitrogens with zero attached hydrogens (tertiary/aromatic N) is 1. The highest BCUT2D eigenvalue weighted by molar-refractivity contribution is 6.00. The van der Waals surface area contributed by atoms with Gasteiger partial charge in [0.2, 0.25) is 12.0 Å². The lowest BCUT2D eigenvalue weighted by molar-refractivity contribution is -0.228. The van der Waals surface area contributed by atoms with Crippen LogP contribution in [0.2, 0.25) is 0 Å². The summed E-state index contributed by atoms with van der Waals surface area (Å²) in [5.41, 5.74) is 0.349. The fraction of sp³-hybridized carbons (Fsp3) is 0.464. The van der Waals surface area contributed by atoms with Crippen LogP contribution in [-0.2, 0) is 4.79 Å². The van der Waals surface area contributed by atoms with Gasteiger partial charge in [0, 0.05) is 28.7 Å². The standard InChI is InChI=1S/C28H31F3N4O5/c1-3-27(4-2)14-21(36)35(26(32)34-27)18-11-12-39-19-10-9-15(13-17(18)19)25(38)33-22-16-7-5-6-8-20(16)40-24(23(22)37)28(29,30)31/h5-10,13,18,22-24,37H,3-4,11-12,14H2,1-2H3,(H2,32,34)(H,33,38)/t18-,22-,23?,24?/m1/s1. The summed E-state index contributed by atoms with van der Waals surface area (Å²) < 4.78 is 51.6. The average Bonchev–Trinajstić information content (AvgIpc) is 2.93. The average molecular weight is 561 g/mol. The van der Waals surface area contributed by atoms with Gasteiger partial charge in [0.15, 0.2) is 5.96 Å². The highest BCUT2D eigenvalue weighted by Gasteiger charge is 2.53. The van der Waals surface area contributed by atoms with Crippen LogP contribution in [0.4, 0.5) is 13.2 Å². The van der Waals surface area contributed by atoms with E-state index >= 15 is 0 Å². The molecule has 4 atom stereocenters. The van der Waals surface area contributed by atoms with E-state index in [-0.39, 0.29) is 35.2 Å². The maximum Gasteiger partial charge on any atom is 0.428 e. The number of alkyl halides is 3. The fourth-order valence-electron chi connectivity index (χ4n) is 5.71. The number of aliphatic hydroxyl groups excluding tert-OH is 1. The number of nitrogens with one attached hydrogen (secondary N) is 3. The van der Waals surface area contributed by atoms with Crippen LogP contribution in [0.5, 0.6) is 11.5 Å². The number of ether oxygens (including phenoxy) is 2. The fourth-order valence-corrected chi connectivity index (χ4v) is 5.71. The molecule has 3 heterocycles. The first-order chi connectivity index (χ1) is 19.0. The van der Waals surface area contributed by atoms with Gasteiger partial charge in [-0.2, -0.15) is 13.2 Å². The lowest BCUT2D eigenvalue weighted by Gasteiger charge is -2.45. The van der Waals surface area contributed by atoms with Crippen LogP contribution in [0.3, 0.4) is 0 Å². The summed E-state index contributed by atoms with van der Waals surface area (Å²) in [6.45, 7) is 4.23. The predicted octanol–water partition coefficient (Wildman–Crippen LogP) is 3.98. The second-order valence-electron chi connectivity index (χ2n) is 10.4. The van der Waals surface area contributed by atoms with E-state index in [9.17, 15) is 27.9 Å². The van der Waals surface area contributed by atoms with Crippen LogP contribution >= 0.6 is 0 Å². The lowest BCUT2D eigenvalue weighted by atomic mass is 9.85. The number of hydrogen-bond acceptors (Lipinski definition) is 6. The van der Waals surface area contributed by atoms with E-state index in [0.29, 0.717) is 37.2 Å². The van der Waals surface area contributed by atoms with Crippen LogP contribution in [0.25, 0.3) is 0 Å². The molecule has 1 fully saturated rings. The second kappa shape index (κ2) is 10.3.